The molecule has 24 heavy (non-hydrogen) atoms. The van der Waals surface area contributed by atoms with Crippen molar-refractivity contribution in [1.29, 1.82) is 0 Å². The molecule has 0 radical (unpaired) electrons. The largest absolute Gasteiger partial charge is 0.396 e. The van der Waals surface area contributed by atoms with Gasteiger partial charge in [-0.05, 0) is 37.3 Å². The number of aromatic nitrogens is 3. The number of hydrogen-bond donors (Lipinski definition) is 2. The molecule has 1 aliphatic carbocycles. The summed E-state index contributed by atoms with van der Waals surface area (Å²) in [7, 11) is 0. The van der Waals surface area contributed by atoms with Crippen molar-refractivity contribution in [2.45, 2.75) is 25.3 Å². The number of benzene rings is 1. The Morgan fingerprint density at radius 2 is 2.12 bits per heavy atom. The molecule has 2 aromatic heterocycles. The molecule has 1 aliphatic rings. The number of fused-ring (bicyclic) bond motifs is 1. The predicted molar refractivity (Wildman–Crippen MR) is 97.5 cm³/mol. The molecule has 2 heterocycles. The van der Waals surface area contributed by atoms with Gasteiger partial charge in [0, 0.05) is 12.6 Å². The number of hydrogen-bond acceptors (Lipinski definition) is 6. The predicted octanol–water partition coefficient (Wildman–Crippen LogP) is 3.98. The van der Waals surface area contributed by atoms with Gasteiger partial charge in [-0.3, -0.25) is 0 Å². The van der Waals surface area contributed by atoms with Gasteiger partial charge in [0.25, 0.3) is 0 Å². The summed E-state index contributed by atoms with van der Waals surface area (Å²) in [6.07, 6.45) is 4.47. The number of para-hydroxylation sites is 1. The highest BCUT2D eigenvalue weighted by Gasteiger charge is 2.26. The number of halogens is 1. The van der Waals surface area contributed by atoms with Gasteiger partial charge in [0.1, 0.15) is 22.3 Å². The van der Waals surface area contributed by atoms with Crippen LogP contribution in [0.3, 0.4) is 0 Å². The molecule has 2 N–H and O–H groups in total. The Bertz CT molecular complexity index is 836. The molecule has 0 unspecified atom stereocenters. The van der Waals surface area contributed by atoms with Crippen molar-refractivity contribution in [2.75, 3.05) is 11.9 Å². The SMILES string of the molecule is OC[C@@H]1CC[C@H](Nc2ncnc(Cl)c2-c2nc3ccccc3s2)C1. The van der Waals surface area contributed by atoms with E-state index in [1.807, 2.05) is 24.3 Å². The van der Waals surface area contributed by atoms with E-state index in [1.165, 1.54) is 6.33 Å². The third kappa shape index (κ3) is 2.97. The molecule has 0 bridgehead atoms. The molecule has 1 fully saturated rings. The standard InChI is InChI=1S/C17H17ClN4OS/c18-15-14(17-22-12-3-1-2-4-13(12)24-17)16(20-9-19-15)21-11-6-5-10(7-11)8-23/h1-4,9-11,23H,5-8H2,(H,19,20,21)/t10-,11+/m1/s1. The van der Waals surface area contributed by atoms with E-state index in [0.29, 0.717) is 17.1 Å². The lowest BCUT2D eigenvalue weighted by Gasteiger charge is -2.16. The highest BCUT2D eigenvalue weighted by atomic mass is 35.5. The van der Waals surface area contributed by atoms with E-state index >= 15 is 0 Å². The highest BCUT2D eigenvalue weighted by molar-refractivity contribution is 7.21. The molecular formula is C17H17ClN4OS. The summed E-state index contributed by atoms with van der Waals surface area (Å²) < 4.78 is 1.11. The fourth-order valence-corrected chi connectivity index (χ4v) is 4.50. The van der Waals surface area contributed by atoms with Crippen LogP contribution in [0.25, 0.3) is 20.8 Å². The van der Waals surface area contributed by atoms with E-state index < -0.39 is 0 Å². The first-order valence-electron chi connectivity index (χ1n) is 7.98. The minimum Gasteiger partial charge on any atom is -0.396 e. The van der Waals surface area contributed by atoms with Crippen LogP contribution >= 0.6 is 22.9 Å². The van der Waals surface area contributed by atoms with Crippen LogP contribution in [-0.2, 0) is 0 Å². The zero-order chi connectivity index (χ0) is 16.5. The number of nitrogens with zero attached hydrogens (tertiary/aromatic N) is 3. The molecular weight excluding hydrogens is 344 g/mol. The average Bonchev–Trinajstić information content (AvgIpc) is 3.21. The summed E-state index contributed by atoms with van der Waals surface area (Å²) in [5, 5.41) is 14.0. The first-order chi connectivity index (χ1) is 11.7. The Balaban J connectivity index is 1.70. The monoisotopic (exact) mass is 360 g/mol. The van der Waals surface area contributed by atoms with Gasteiger partial charge < -0.3 is 10.4 Å². The zero-order valence-corrected chi connectivity index (χ0v) is 14.5. The fraction of sp³-hybridized carbons (Fsp3) is 0.353. The highest BCUT2D eigenvalue weighted by Crippen LogP contribution is 2.38. The van der Waals surface area contributed by atoms with Gasteiger partial charge in [0.2, 0.25) is 0 Å². The van der Waals surface area contributed by atoms with E-state index in [9.17, 15) is 5.11 Å². The van der Waals surface area contributed by atoms with E-state index in [4.69, 9.17) is 11.6 Å². The fourth-order valence-electron chi connectivity index (χ4n) is 3.21. The van der Waals surface area contributed by atoms with Crippen LogP contribution in [0.1, 0.15) is 19.3 Å². The average molecular weight is 361 g/mol. The topological polar surface area (TPSA) is 70.9 Å². The Hall–Kier alpha value is -1.76. The first-order valence-corrected chi connectivity index (χ1v) is 9.18. The molecule has 1 aromatic carbocycles. The second-order valence-electron chi connectivity index (χ2n) is 6.08. The number of aliphatic hydroxyl groups excluding tert-OH is 1. The normalized spacial score (nSPS) is 20.6. The minimum absolute atomic E-state index is 0.243. The van der Waals surface area contributed by atoms with Crippen LogP contribution in [0.15, 0.2) is 30.6 Å². The molecule has 0 saturated heterocycles. The number of rotatable bonds is 4. The molecule has 1 saturated carbocycles. The third-order valence-corrected chi connectivity index (χ3v) is 5.79. The Morgan fingerprint density at radius 3 is 2.92 bits per heavy atom. The maximum Gasteiger partial charge on any atom is 0.144 e. The van der Waals surface area contributed by atoms with Crippen LogP contribution in [0, 0.1) is 5.92 Å². The second kappa shape index (κ2) is 6.63. The summed E-state index contributed by atoms with van der Waals surface area (Å²) in [6.45, 7) is 0.243. The Kier molecular flexibility index (Phi) is 4.35. The number of anilines is 1. The van der Waals surface area contributed by atoms with E-state index in [-0.39, 0.29) is 6.61 Å². The van der Waals surface area contributed by atoms with Gasteiger partial charge >= 0.3 is 0 Å². The van der Waals surface area contributed by atoms with E-state index in [0.717, 1.165) is 45.9 Å². The van der Waals surface area contributed by atoms with Crippen molar-refractivity contribution >= 4 is 39.0 Å². The van der Waals surface area contributed by atoms with Crippen molar-refractivity contribution in [2.24, 2.45) is 5.92 Å². The second-order valence-corrected chi connectivity index (χ2v) is 7.47. The third-order valence-electron chi connectivity index (χ3n) is 4.45. The molecule has 3 aromatic rings. The van der Waals surface area contributed by atoms with Crippen molar-refractivity contribution < 1.29 is 5.11 Å². The van der Waals surface area contributed by atoms with Gasteiger partial charge in [-0.1, -0.05) is 23.7 Å². The van der Waals surface area contributed by atoms with Gasteiger partial charge in [0.15, 0.2) is 0 Å². The summed E-state index contributed by atoms with van der Waals surface area (Å²) >= 11 is 7.95. The van der Waals surface area contributed by atoms with Gasteiger partial charge in [-0.25, -0.2) is 15.0 Å². The van der Waals surface area contributed by atoms with Gasteiger partial charge in [-0.15, -0.1) is 11.3 Å². The van der Waals surface area contributed by atoms with Crippen molar-refractivity contribution in [3.8, 4) is 10.6 Å². The molecule has 4 rings (SSSR count). The molecule has 124 valence electrons. The molecule has 5 nitrogen and oxygen atoms in total. The first kappa shape index (κ1) is 15.7. The van der Waals surface area contributed by atoms with E-state index in [2.05, 4.69) is 20.3 Å². The Labute approximate surface area is 148 Å². The van der Waals surface area contributed by atoms with Crippen molar-refractivity contribution in [3.63, 3.8) is 0 Å². The summed E-state index contributed by atoms with van der Waals surface area (Å²) in [6, 6.07) is 8.30. The van der Waals surface area contributed by atoms with Crippen LogP contribution < -0.4 is 5.32 Å². The lowest BCUT2D eigenvalue weighted by Crippen LogP contribution is -2.18. The number of aliphatic hydroxyl groups is 1. The smallest absolute Gasteiger partial charge is 0.144 e. The van der Waals surface area contributed by atoms with E-state index in [1.54, 1.807) is 11.3 Å². The van der Waals surface area contributed by atoms with Crippen LogP contribution in [0.5, 0.6) is 0 Å². The summed E-state index contributed by atoms with van der Waals surface area (Å²) in [5.41, 5.74) is 1.71. The summed E-state index contributed by atoms with van der Waals surface area (Å²) in [5.74, 6) is 1.09. The molecule has 0 aliphatic heterocycles. The van der Waals surface area contributed by atoms with Crippen LogP contribution in [0.4, 0.5) is 5.82 Å². The zero-order valence-electron chi connectivity index (χ0n) is 12.9. The van der Waals surface area contributed by atoms with Gasteiger partial charge in [-0.2, -0.15) is 0 Å². The quantitative estimate of drug-likeness (QED) is 0.688. The Morgan fingerprint density at radius 1 is 1.25 bits per heavy atom. The molecule has 2 atom stereocenters. The van der Waals surface area contributed by atoms with Crippen molar-refractivity contribution in [1.82, 2.24) is 15.0 Å². The lowest BCUT2D eigenvalue weighted by atomic mass is 10.1. The summed E-state index contributed by atoms with van der Waals surface area (Å²) in [4.78, 5) is 13.2. The van der Waals surface area contributed by atoms with Crippen LogP contribution in [0.2, 0.25) is 5.15 Å². The lowest BCUT2D eigenvalue weighted by molar-refractivity contribution is 0.229. The van der Waals surface area contributed by atoms with Crippen LogP contribution in [-0.4, -0.2) is 32.7 Å². The number of nitrogens with one attached hydrogen (secondary N) is 1. The molecule has 0 amide bonds. The maximum absolute atomic E-state index is 9.32. The maximum atomic E-state index is 9.32. The number of thiazole rings is 1. The van der Waals surface area contributed by atoms with Gasteiger partial charge in [0.05, 0.1) is 15.8 Å². The molecule has 7 heteroatoms. The molecule has 0 spiro atoms. The minimum atomic E-state index is 0.243. The van der Waals surface area contributed by atoms with Crippen molar-refractivity contribution in [3.05, 3.63) is 35.7 Å².